The number of carbonyl (C=O) groups excluding carboxylic acids is 1. The van der Waals surface area contributed by atoms with Crippen molar-refractivity contribution in [3.05, 3.63) is 52.4 Å². The van der Waals surface area contributed by atoms with Gasteiger partial charge < -0.3 is 16.0 Å². The quantitative estimate of drug-likeness (QED) is 0.452. The molecule has 5 nitrogen and oxygen atoms in total. The molecule has 3 N–H and O–H groups in total. The first-order valence-electron chi connectivity index (χ1n) is 8.68. The SMILES string of the molecule is O=C(NCCNc1ncc(C(F)(F)F)cc1Cl)NC1CCSc2c(F)cccc21. The topological polar surface area (TPSA) is 66.0 Å². The number of alkyl halides is 3. The van der Waals surface area contributed by atoms with Gasteiger partial charge >= 0.3 is 12.2 Å². The van der Waals surface area contributed by atoms with Crippen molar-refractivity contribution >= 4 is 35.2 Å². The number of aromatic nitrogens is 1. The molecule has 1 unspecified atom stereocenters. The van der Waals surface area contributed by atoms with Gasteiger partial charge in [-0.25, -0.2) is 14.2 Å². The van der Waals surface area contributed by atoms with Crippen LogP contribution in [0, 0.1) is 5.82 Å². The Balaban J connectivity index is 1.47. The summed E-state index contributed by atoms with van der Waals surface area (Å²) in [5, 5.41) is 8.05. The molecular weight excluding hydrogens is 432 g/mol. The van der Waals surface area contributed by atoms with Gasteiger partial charge in [0.2, 0.25) is 0 Å². The van der Waals surface area contributed by atoms with Crippen molar-refractivity contribution in [1.82, 2.24) is 15.6 Å². The van der Waals surface area contributed by atoms with Gasteiger partial charge in [-0.3, -0.25) is 0 Å². The highest BCUT2D eigenvalue weighted by atomic mass is 35.5. The molecule has 0 aliphatic carbocycles. The highest BCUT2D eigenvalue weighted by molar-refractivity contribution is 7.99. The third-order valence-corrected chi connectivity index (χ3v) is 5.65. The number of hydrogen-bond donors (Lipinski definition) is 3. The molecule has 3 rings (SSSR count). The second-order valence-electron chi connectivity index (χ2n) is 6.23. The van der Waals surface area contributed by atoms with Crippen molar-refractivity contribution in [3.63, 3.8) is 0 Å². The molecule has 1 aliphatic rings. The number of nitrogens with zero attached hydrogens (tertiary/aromatic N) is 1. The number of thioether (sulfide) groups is 1. The molecule has 2 aromatic rings. The molecule has 156 valence electrons. The van der Waals surface area contributed by atoms with Gasteiger partial charge in [-0.2, -0.15) is 13.2 Å². The molecule has 2 heterocycles. The number of amides is 2. The van der Waals surface area contributed by atoms with E-state index in [-0.39, 0.29) is 35.8 Å². The van der Waals surface area contributed by atoms with E-state index < -0.39 is 17.8 Å². The van der Waals surface area contributed by atoms with Crippen molar-refractivity contribution in [2.45, 2.75) is 23.5 Å². The molecule has 1 aliphatic heterocycles. The Morgan fingerprint density at radius 2 is 2.10 bits per heavy atom. The van der Waals surface area contributed by atoms with E-state index in [1.54, 1.807) is 12.1 Å². The van der Waals surface area contributed by atoms with Gasteiger partial charge in [0.15, 0.2) is 0 Å². The van der Waals surface area contributed by atoms with Crippen LogP contribution in [0.25, 0.3) is 0 Å². The molecular formula is C18H17ClF4N4OS. The van der Waals surface area contributed by atoms with E-state index in [0.717, 1.165) is 11.6 Å². The minimum absolute atomic E-state index is 0.0931. The van der Waals surface area contributed by atoms with Crippen LogP contribution >= 0.6 is 23.4 Å². The van der Waals surface area contributed by atoms with Crippen LogP contribution < -0.4 is 16.0 Å². The second kappa shape index (κ2) is 9.08. The molecule has 0 saturated heterocycles. The summed E-state index contributed by atoms with van der Waals surface area (Å²) in [6.07, 6.45) is -3.15. The first-order chi connectivity index (χ1) is 13.8. The lowest BCUT2D eigenvalue weighted by atomic mass is 10.0. The van der Waals surface area contributed by atoms with Crippen LogP contribution in [0.15, 0.2) is 35.4 Å². The van der Waals surface area contributed by atoms with E-state index in [1.165, 1.54) is 17.8 Å². The van der Waals surface area contributed by atoms with E-state index in [9.17, 15) is 22.4 Å². The maximum absolute atomic E-state index is 13.9. The Morgan fingerprint density at radius 3 is 2.83 bits per heavy atom. The summed E-state index contributed by atoms with van der Waals surface area (Å²) < 4.78 is 51.7. The fourth-order valence-corrected chi connectivity index (χ4v) is 4.20. The van der Waals surface area contributed by atoms with Gasteiger partial charge in [0.05, 0.1) is 16.6 Å². The van der Waals surface area contributed by atoms with Gasteiger partial charge in [0, 0.05) is 29.9 Å². The van der Waals surface area contributed by atoms with Crippen molar-refractivity contribution in [3.8, 4) is 0 Å². The van der Waals surface area contributed by atoms with E-state index in [1.807, 2.05) is 0 Å². The third-order valence-electron chi connectivity index (χ3n) is 4.20. The smallest absolute Gasteiger partial charge is 0.367 e. The number of urea groups is 1. The summed E-state index contributed by atoms with van der Waals surface area (Å²) in [7, 11) is 0. The Bertz CT molecular complexity index is 897. The Labute approximate surface area is 173 Å². The minimum Gasteiger partial charge on any atom is -0.367 e. The predicted octanol–water partition coefficient (Wildman–Crippen LogP) is 4.84. The standard InChI is InChI=1S/C18H17ClF4N4OS/c19-12-8-10(18(21,22)23)9-26-16(12)24-5-6-25-17(28)27-14-4-7-29-15-11(14)2-1-3-13(15)20/h1-3,8-9,14H,4-7H2,(H,24,26)(H2,25,27,28). The lowest BCUT2D eigenvalue weighted by Crippen LogP contribution is -2.40. The van der Waals surface area contributed by atoms with Crippen LogP contribution in [0.4, 0.5) is 28.2 Å². The summed E-state index contributed by atoms with van der Waals surface area (Å²) in [6.45, 7) is 0.388. The number of halogens is 5. The van der Waals surface area contributed by atoms with Gasteiger partial charge in [-0.15, -0.1) is 11.8 Å². The van der Waals surface area contributed by atoms with Crippen LogP contribution in [0.5, 0.6) is 0 Å². The first kappa shape index (κ1) is 21.5. The average molecular weight is 449 g/mol. The zero-order valence-corrected chi connectivity index (χ0v) is 16.5. The zero-order valence-electron chi connectivity index (χ0n) is 14.9. The molecule has 0 saturated carbocycles. The predicted molar refractivity (Wildman–Crippen MR) is 104 cm³/mol. The Hall–Kier alpha value is -2.20. The normalized spacial score (nSPS) is 16.1. The molecule has 0 radical (unpaired) electrons. The highest BCUT2D eigenvalue weighted by Crippen LogP contribution is 2.37. The molecule has 0 fully saturated rings. The summed E-state index contributed by atoms with van der Waals surface area (Å²) in [5.74, 6) is 0.485. The number of carbonyl (C=O) groups is 1. The number of pyridine rings is 1. The number of rotatable bonds is 5. The second-order valence-corrected chi connectivity index (χ2v) is 7.74. The third kappa shape index (κ3) is 5.45. The number of nitrogens with one attached hydrogen (secondary N) is 3. The van der Waals surface area contributed by atoms with Crippen molar-refractivity contribution in [2.24, 2.45) is 0 Å². The maximum Gasteiger partial charge on any atom is 0.417 e. The van der Waals surface area contributed by atoms with Crippen molar-refractivity contribution < 1.29 is 22.4 Å². The molecule has 29 heavy (non-hydrogen) atoms. The molecule has 11 heteroatoms. The largest absolute Gasteiger partial charge is 0.417 e. The van der Waals surface area contributed by atoms with Gasteiger partial charge in [0.1, 0.15) is 11.6 Å². The fourth-order valence-electron chi connectivity index (χ4n) is 2.83. The lowest BCUT2D eigenvalue weighted by Gasteiger charge is -2.26. The molecule has 1 aromatic carbocycles. The van der Waals surface area contributed by atoms with Crippen LogP contribution in [0.2, 0.25) is 5.02 Å². The van der Waals surface area contributed by atoms with Crippen molar-refractivity contribution in [1.29, 1.82) is 0 Å². The van der Waals surface area contributed by atoms with Gasteiger partial charge in [0.25, 0.3) is 0 Å². The molecule has 1 aromatic heterocycles. The van der Waals surface area contributed by atoms with Gasteiger partial charge in [-0.05, 0) is 24.1 Å². The maximum atomic E-state index is 13.9. The summed E-state index contributed by atoms with van der Waals surface area (Å²) in [6, 6.07) is 4.85. The van der Waals surface area contributed by atoms with E-state index >= 15 is 0 Å². The number of fused-ring (bicyclic) bond motifs is 1. The minimum atomic E-state index is -4.52. The molecule has 0 spiro atoms. The molecule has 2 amide bonds. The average Bonchev–Trinajstić information content (AvgIpc) is 2.66. The Morgan fingerprint density at radius 1 is 1.31 bits per heavy atom. The van der Waals surface area contributed by atoms with E-state index in [0.29, 0.717) is 23.3 Å². The van der Waals surface area contributed by atoms with Crippen LogP contribution in [0.1, 0.15) is 23.6 Å². The van der Waals surface area contributed by atoms with E-state index in [4.69, 9.17) is 11.6 Å². The molecule has 1 atom stereocenters. The van der Waals surface area contributed by atoms with Crippen LogP contribution in [-0.2, 0) is 6.18 Å². The first-order valence-corrected chi connectivity index (χ1v) is 10.0. The Kier molecular flexibility index (Phi) is 6.74. The lowest BCUT2D eigenvalue weighted by molar-refractivity contribution is -0.137. The fraction of sp³-hybridized carbons (Fsp3) is 0.333. The summed E-state index contributed by atoms with van der Waals surface area (Å²) in [4.78, 5) is 16.3. The van der Waals surface area contributed by atoms with Crippen molar-refractivity contribution in [2.75, 3.05) is 24.2 Å². The number of benzene rings is 1. The van der Waals surface area contributed by atoms with Crippen LogP contribution in [-0.4, -0.2) is 29.9 Å². The monoisotopic (exact) mass is 448 g/mol. The summed E-state index contributed by atoms with van der Waals surface area (Å²) >= 11 is 7.23. The molecule has 0 bridgehead atoms. The summed E-state index contributed by atoms with van der Waals surface area (Å²) in [5.41, 5.74) is -0.192. The number of anilines is 1. The van der Waals surface area contributed by atoms with Gasteiger partial charge in [-0.1, -0.05) is 23.7 Å². The zero-order chi connectivity index (χ0) is 21.0. The van der Waals surface area contributed by atoms with Crippen LogP contribution in [0.3, 0.4) is 0 Å². The van der Waals surface area contributed by atoms with E-state index in [2.05, 4.69) is 20.9 Å². The number of hydrogen-bond acceptors (Lipinski definition) is 4. The highest BCUT2D eigenvalue weighted by Gasteiger charge is 2.31.